The van der Waals surface area contributed by atoms with Gasteiger partial charge in [0.15, 0.2) is 0 Å². The molecule has 0 aliphatic carbocycles. The molecule has 0 aliphatic heterocycles. The molecule has 0 fully saturated rings. The van der Waals surface area contributed by atoms with Gasteiger partial charge in [0.25, 0.3) is 0 Å². The average molecular weight is 298 g/mol. The molecule has 1 aromatic rings. The molecule has 0 radical (unpaired) electrons. The predicted molar refractivity (Wildman–Crippen MR) is 64.7 cm³/mol. The number of nitro groups is 1. The van der Waals surface area contributed by atoms with Gasteiger partial charge in [-0.15, -0.1) is 0 Å². The highest BCUT2D eigenvalue weighted by molar-refractivity contribution is 6.29. The molecule has 0 bridgehead atoms. The van der Waals surface area contributed by atoms with Crippen LogP contribution in [0.3, 0.4) is 0 Å². The third kappa shape index (κ3) is 3.69. The summed E-state index contributed by atoms with van der Waals surface area (Å²) in [4.78, 5) is 13.5. The maximum Gasteiger partial charge on any atom is 0.310 e. The van der Waals surface area contributed by atoms with E-state index in [1.807, 2.05) is 0 Å². The molecule has 0 atom stereocenters. The first kappa shape index (κ1) is 15.5. The fraction of sp³-hybridized carbons (Fsp3) is 0.500. The van der Waals surface area contributed by atoms with E-state index in [4.69, 9.17) is 11.6 Å². The summed E-state index contributed by atoms with van der Waals surface area (Å²) in [5, 5.41) is 13.1. The second-order valence-corrected chi connectivity index (χ2v) is 4.42. The van der Waals surface area contributed by atoms with Gasteiger partial charge in [0.1, 0.15) is 37.1 Å². The van der Waals surface area contributed by atoms with Gasteiger partial charge < -0.3 is 5.32 Å². The molecular weight excluding hydrogens is 287 g/mol. The summed E-state index contributed by atoms with van der Waals surface area (Å²) in [6.07, 6.45) is 0.909. The molecule has 0 spiro atoms. The number of hydrogen-bond donors (Lipinski definition) is 1. The van der Waals surface area contributed by atoms with Crippen molar-refractivity contribution in [1.29, 1.82) is 0 Å². The molecule has 19 heavy (non-hydrogen) atoms. The Morgan fingerprint density at radius 3 is 2.42 bits per heavy atom. The zero-order valence-corrected chi connectivity index (χ0v) is 10.5. The molecule has 1 aromatic heterocycles. The Morgan fingerprint density at radius 2 is 1.95 bits per heavy atom. The molecule has 0 aromatic carbocycles. The number of nitrogens with one attached hydrogen (secondary N) is 1. The zero-order chi connectivity index (χ0) is 14.5. The van der Waals surface area contributed by atoms with Crippen LogP contribution >= 0.6 is 11.6 Å². The number of pyridine rings is 1. The minimum Gasteiger partial charge on any atom is -0.378 e. The molecule has 106 valence electrons. The normalized spacial score (nSPS) is 11.4. The number of anilines is 1. The van der Waals surface area contributed by atoms with Crippen LogP contribution in [-0.4, -0.2) is 36.5 Å². The van der Waals surface area contributed by atoms with Crippen molar-refractivity contribution in [3.8, 4) is 0 Å². The van der Waals surface area contributed by atoms with Crippen LogP contribution in [0.15, 0.2) is 12.3 Å². The summed E-state index contributed by atoms with van der Waals surface area (Å²) in [7, 11) is 0. The Kier molecular flexibility index (Phi) is 5.34. The van der Waals surface area contributed by atoms with Crippen LogP contribution in [0.2, 0.25) is 5.15 Å². The summed E-state index contributed by atoms with van der Waals surface area (Å²) in [6, 6.07) is 1.14. The molecule has 9 heteroatoms. The molecule has 0 unspecified atom stereocenters. The number of alkyl halides is 3. The van der Waals surface area contributed by atoms with Crippen molar-refractivity contribution in [2.45, 2.75) is 0 Å². The fourth-order valence-corrected chi connectivity index (χ4v) is 1.40. The first-order chi connectivity index (χ1) is 8.98. The number of rotatable bonds is 7. The average Bonchev–Trinajstić information content (AvgIpc) is 2.40. The monoisotopic (exact) mass is 297 g/mol. The van der Waals surface area contributed by atoms with E-state index in [-0.39, 0.29) is 10.8 Å². The van der Waals surface area contributed by atoms with Crippen LogP contribution in [0.4, 0.5) is 24.5 Å². The van der Waals surface area contributed by atoms with Crippen LogP contribution in [0.1, 0.15) is 0 Å². The van der Waals surface area contributed by atoms with E-state index in [9.17, 15) is 23.3 Å². The van der Waals surface area contributed by atoms with E-state index in [0.29, 0.717) is 0 Å². The van der Waals surface area contributed by atoms with Crippen molar-refractivity contribution in [1.82, 2.24) is 4.98 Å². The molecule has 5 nitrogen and oxygen atoms in total. The smallest absolute Gasteiger partial charge is 0.310 e. The zero-order valence-electron chi connectivity index (χ0n) is 9.71. The lowest BCUT2D eigenvalue weighted by Gasteiger charge is -2.24. The Balaban J connectivity index is 2.93. The molecular formula is C10H11ClF3N3O2. The van der Waals surface area contributed by atoms with E-state index >= 15 is 0 Å². The quantitative estimate of drug-likeness (QED) is 0.477. The topological polar surface area (TPSA) is 68.1 Å². The number of halogens is 4. The molecule has 0 aliphatic rings. The van der Waals surface area contributed by atoms with Crippen LogP contribution in [0.25, 0.3) is 0 Å². The van der Waals surface area contributed by atoms with Gasteiger partial charge in [-0.1, -0.05) is 11.6 Å². The van der Waals surface area contributed by atoms with E-state index in [1.54, 1.807) is 0 Å². The van der Waals surface area contributed by atoms with Gasteiger partial charge in [-0.05, 0) is 0 Å². The van der Waals surface area contributed by atoms with Crippen LogP contribution < -0.4 is 5.32 Å². The van der Waals surface area contributed by atoms with Crippen LogP contribution in [-0.2, 0) is 0 Å². The van der Waals surface area contributed by atoms with Crippen molar-refractivity contribution in [3.63, 3.8) is 0 Å². The van der Waals surface area contributed by atoms with Gasteiger partial charge >= 0.3 is 5.69 Å². The van der Waals surface area contributed by atoms with Gasteiger partial charge in [0.2, 0.25) is 0 Å². The minimum atomic E-state index is -1.84. The highest BCUT2D eigenvalue weighted by Crippen LogP contribution is 2.28. The Bertz CT molecular complexity index is 449. The van der Waals surface area contributed by atoms with E-state index in [2.05, 4.69) is 10.3 Å². The predicted octanol–water partition coefficient (Wildman–Crippen LogP) is 2.95. The van der Waals surface area contributed by atoms with Crippen molar-refractivity contribution in [2.24, 2.45) is 5.41 Å². The standard InChI is InChI=1S/C10H11ClF3N3O2/c11-9-1-7(8(2-15-9)17(18)19)16-6-10(3-12,4-13)5-14/h1-2H,3-6H2,(H,15,16). The lowest BCUT2D eigenvalue weighted by molar-refractivity contribution is -0.384. The lowest BCUT2D eigenvalue weighted by Crippen LogP contribution is -2.36. The van der Waals surface area contributed by atoms with Gasteiger partial charge in [-0.2, -0.15) is 0 Å². The third-order valence-corrected chi connectivity index (χ3v) is 2.76. The largest absolute Gasteiger partial charge is 0.378 e. The maximum atomic E-state index is 12.7. The second-order valence-electron chi connectivity index (χ2n) is 4.04. The van der Waals surface area contributed by atoms with Crippen molar-refractivity contribution >= 4 is 23.0 Å². The molecule has 1 heterocycles. The second kappa shape index (κ2) is 6.55. The van der Waals surface area contributed by atoms with E-state index in [1.165, 1.54) is 0 Å². The minimum absolute atomic E-state index is 0.0283. The van der Waals surface area contributed by atoms with Gasteiger partial charge in [0, 0.05) is 12.6 Å². The molecule has 1 rings (SSSR count). The van der Waals surface area contributed by atoms with Crippen molar-refractivity contribution in [3.05, 3.63) is 27.5 Å². The lowest BCUT2D eigenvalue weighted by atomic mass is 9.93. The summed E-state index contributed by atoms with van der Waals surface area (Å²) in [5.74, 6) is 0. The summed E-state index contributed by atoms with van der Waals surface area (Å²) < 4.78 is 38.0. The maximum absolute atomic E-state index is 12.7. The van der Waals surface area contributed by atoms with E-state index in [0.717, 1.165) is 12.3 Å². The third-order valence-electron chi connectivity index (χ3n) is 2.55. The van der Waals surface area contributed by atoms with Crippen LogP contribution in [0.5, 0.6) is 0 Å². The SMILES string of the molecule is O=[N+]([O-])c1cnc(Cl)cc1NCC(CF)(CF)CF. The van der Waals surface area contributed by atoms with Gasteiger partial charge in [-0.25, -0.2) is 4.98 Å². The van der Waals surface area contributed by atoms with Gasteiger partial charge in [0.05, 0.1) is 10.3 Å². The molecule has 0 saturated carbocycles. The first-order valence-corrected chi connectivity index (χ1v) is 5.57. The summed E-state index contributed by atoms with van der Waals surface area (Å²) in [5.41, 5.74) is -2.32. The first-order valence-electron chi connectivity index (χ1n) is 5.20. The summed E-state index contributed by atoms with van der Waals surface area (Å²) >= 11 is 5.58. The highest BCUT2D eigenvalue weighted by Gasteiger charge is 2.31. The Labute approximate surface area is 111 Å². The molecule has 1 N–H and O–H groups in total. The number of nitrogens with zero attached hydrogens (tertiary/aromatic N) is 2. The Hall–Kier alpha value is -1.57. The van der Waals surface area contributed by atoms with Crippen molar-refractivity contribution in [2.75, 3.05) is 31.9 Å². The van der Waals surface area contributed by atoms with E-state index < -0.39 is 42.6 Å². The molecule has 0 amide bonds. The summed E-state index contributed by atoms with van der Waals surface area (Å²) in [6.45, 7) is -4.10. The highest BCUT2D eigenvalue weighted by atomic mass is 35.5. The van der Waals surface area contributed by atoms with Gasteiger partial charge in [-0.3, -0.25) is 23.3 Å². The fourth-order valence-electron chi connectivity index (χ4n) is 1.24. The Morgan fingerprint density at radius 1 is 1.37 bits per heavy atom. The van der Waals surface area contributed by atoms with Crippen molar-refractivity contribution < 1.29 is 18.1 Å². The molecule has 0 saturated heterocycles. The number of aromatic nitrogens is 1. The number of hydrogen-bond acceptors (Lipinski definition) is 4. The van der Waals surface area contributed by atoms with Crippen LogP contribution in [0, 0.1) is 15.5 Å².